The van der Waals surface area contributed by atoms with E-state index >= 15 is 0 Å². The molecule has 0 saturated heterocycles. The van der Waals surface area contributed by atoms with Crippen LogP contribution in [0.3, 0.4) is 0 Å². The summed E-state index contributed by atoms with van der Waals surface area (Å²) < 4.78 is 34.2. The van der Waals surface area contributed by atoms with Crippen molar-refractivity contribution >= 4 is 19.8 Å². The monoisotopic (exact) mass is 745 g/mol. The van der Waals surface area contributed by atoms with Crippen molar-refractivity contribution in [3.63, 3.8) is 0 Å². The van der Waals surface area contributed by atoms with Gasteiger partial charge in [-0.3, -0.25) is 18.6 Å². The molecule has 0 aliphatic heterocycles. The highest BCUT2D eigenvalue weighted by molar-refractivity contribution is 7.47. The Kier molecular flexibility index (Phi) is 33.3. The van der Waals surface area contributed by atoms with Gasteiger partial charge < -0.3 is 18.9 Å². The molecule has 0 aromatic carbocycles. The van der Waals surface area contributed by atoms with Crippen molar-refractivity contribution in [1.29, 1.82) is 0 Å². The fourth-order valence-electron chi connectivity index (χ4n) is 5.42. The molecular formula is C41H79NO8P+. The van der Waals surface area contributed by atoms with Gasteiger partial charge in [-0.2, -0.15) is 0 Å². The van der Waals surface area contributed by atoms with Gasteiger partial charge in [0.15, 0.2) is 6.10 Å². The number of unbranched alkanes of at least 4 members (excludes halogenated alkanes) is 19. The summed E-state index contributed by atoms with van der Waals surface area (Å²) >= 11 is 0. The molecule has 0 amide bonds. The van der Waals surface area contributed by atoms with E-state index in [1.165, 1.54) is 70.6 Å². The highest BCUT2D eigenvalue weighted by atomic mass is 31.2. The molecule has 0 spiro atoms. The fourth-order valence-corrected chi connectivity index (χ4v) is 6.16. The highest BCUT2D eigenvalue weighted by Crippen LogP contribution is 2.43. The van der Waals surface area contributed by atoms with E-state index in [0.29, 0.717) is 17.4 Å². The number of hydrogen-bond donors (Lipinski definition) is 1. The normalized spacial score (nSPS) is 13.9. The Bertz CT molecular complexity index is 933. The van der Waals surface area contributed by atoms with Crippen LogP contribution in [0, 0.1) is 0 Å². The van der Waals surface area contributed by atoms with Crippen molar-refractivity contribution in [2.45, 2.75) is 180 Å². The van der Waals surface area contributed by atoms with E-state index < -0.39 is 26.5 Å². The average molecular weight is 745 g/mol. The molecule has 1 N–H and O–H groups in total. The molecule has 300 valence electrons. The number of allylic oxidation sites excluding steroid dienone is 4. The zero-order valence-corrected chi connectivity index (χ0v) is 34.5. The summed E-state index contributed by atoms with van der Waals surface area (Å²) in [7, 11) is 1.47. The predicted octanol–water partition coefficient (Wildman–Crippen LogP) is 11.2. The van der Waals surface area contributed by atoms with Crippen LogP contribution in [-0.4, -0.2) is 74.9 Å². The fraction of sp³-hybridized carbons (Fsp3) is 0.854. The highest BCUT2D eigenvalue weighted by Gasteiger charge is 2.27. The summed E-state index contributed by atoms with van der Waals surface area (Å²) in [6.07, 6.45) is 35.1. The standard InChI is InChI=1S/C41H78NO8P/c1-6-8-10-12-14-16-18-19-20-21-22-23-24-26-28-30-32-34-41(44)50-39(38-49-51(45,46)48-36-35-42(3,4)5)37-47-40(43)33-31-29-27-25-17-15-13-11-9-7-2/h11,13,19-20,39H,6-10,12,14-18,21-38H2,1-5H3/p+1/b13-11-,20-19-. The molecule has 0 fully saturated rings. The second kappa shape index (κ2) is 34.3. The van der Waals surface area contributed by atoms with E-state index in [-0.39, 0.29) is 32.0 Å². The zero-order valence-electron chi connectivity index (χ0n) is 33.6. The van der Waals surface area contributed by atoms with Crippen molar-refractivity contribution in [1.82, 2.24) is 0 Å². The van der Waals surface area contributed by atoms with Crippen molar-refractivity contribution in [2.24, 2.45) is 0 Å². The number of nitrogens with zero attached hydrogens (tertiary/aromatic N) is 1. The first-order chi connectivity index (χ1) is 24.5. The Morgan fingerprint density at radius 2 is 1.04 bits per heavy atom. The van der Waals surface area contributed by atoms with E-state index in [1.807, 2.05) is 21.1 Å². The third-order valence-corrected chi connectivity index (χ3v) is 9.67. The van der Waals surface area contributed by atoms with Gasteiger partial charge in [-0.05, 0) is 57.8 Å². The second-order valence-electron chi connectivity index (χ2n) is 15.0. The van der Waals surface area contributed by atoms with Gasteiger partial charge >= 0.3 is 19.8 Å². The maximum Gasteiger partial charge on any atom is 0.472 e. The minimum Gasteiger partial charge on any atom is -0.462 e. The van der Waals surface area contributed by atoms with Gasteiger partial charge in [0.2, 0.25) is 0 Å². The van der Waals surface area contributed by atoms with Crippen LogP contribution >= 0.6 is 7.82 Å². The lowest BCUT2D eigenvalue weighted by atomic mass is 10.1. The Hall–Kier alpha value is -1.51. The van der Waals surface area contributed by atoms with Gasteiger partial charge in [0.25, 0.3) is 0 Å². The van der Waals surface area contributed by atoms with Crippen molar-refractivity contribution in [3.8, 4) is 0 Å². The molecule has 51 heavy (non-hydrogen) atoms. The van der Waals surface area contributed by atoms with E-state index in [2.05, 4.69) is 38.2 Å². The van der Waals surface area contributed by atoms with Crippen LogP contribution in [0.5, 0.6) is 0 Å². The summed E-state index contributed by atoms with van der Waals surface area (Å²) in [6.45, 7) is 4.33. The van der Waals surface area contributed by atoms with Crippen LogP contribution in [0.2, 0.25) is 0 Å². The lowest BCUT2D eigenvalue weighted by molar-refractivity contribution is -0.870. The third kappa shape index (κ3) is 38.0. The molecule has 0 saturated carbocycles. The maximum absolute atomic E-state index is 12.6. The molecule has 0 heterocycles. The first-order valence-corrected chi connectivity index (χ1v) is 22.1. The molecular weight excluding hydrogens is 665 g/mol. The second-order valence-corrected chi connectivity index (χ2v) is 16.5. The van der Waals surface area contributed by atoms with Crippen molar-refractivity contribution in [3.05, 3.63) is 24.3 Å². The average Bonchev–Trinajstić information content (AvgIpc) is 3.07. The van der Waals surface area contributed by atoms with E-state index in [4.69, 9.17) is 18.5 Å². The molecule has 9 nitrogen and oxygen atoms in total. The number of ether oxygens (including phenoxy) is 2. The number of quaternary nitrogens is 1. The van der Waals surface area contributed by atoms with Gasteiger partial charge in [0.1, 0.15) is 19.8 Å². The Morgan fingerprint density at radius 3 is 1.53 bits per heavy atom. The number of esters is 2. The largest absolute Gasteiger partial charge is 0.472 e. The van der Waals surface area contributed by atoms with Crippen LogP contribution in [0.15, 0.2) is 24.3 Å². The molecule has 0 aromatic heterocycles. The third-order valence-electron chi connectivity index (χ3n) is 8.68. The van der Waals surface area contributed by atoms with E-state index in [1.54, 1.807) is 0 Å². The summed E-state index contributed by atoms with van der Waals surface area (Å²) in [5.74, 6) is -0.815. The number of phosphoric acid groups is 1. The van der Waals surface area contributed by atoms with Crippen LogP contribution in [0.4, 0.5) is 0 Å². The molecule has 0 radical (unpaired) electrons. The summed E-state index contributed by atoms with van der Waals surface area (Å²) in [6, 6.07) is 0. The molecule has 0 aliphatic rings. The molecule has 0 aromatic rings. The first-order valence-electron chi connectivity index (χ1n) is 20.6. The van der Waals surface area contributed by atoms with Gasteiger partial charge in [-0.25, -0.2) is 4.57 Å². The number of likely N-dealkylation sites (N-methyl/N-ethyl adjacent to an activating group) is 1. The lowest BCUT2D eigenvalue weighted by Gasteiger charge is -2.24. The minimum atomic E-state index is -4.37. The lowest BCUT2D eigenvalue weighted by Crippen LogP contribution is -2.37. The summed E-state index contributed by atoms with van der Waals surface area (Å²) in [4.78, 5) is 35.2. The van der Waals surface area contributed by atoms with Crippen molar-refractivity contribution in [2.75, 3.05) is 47.5 Å². The smallest absolute Gasteiger partial charge is 0.462 e. The van der Waals surface area contributed by atoms with Crippen LogP contribution < -0.4 is 0 Å². The quantitative estimate of drug-likeness (QED) is 0.0220. The molecule has 10 heteroatoms. The number of carbonyl (C=O) groups is 2. The Labute approximate surface area is 313 Å². The van der Waals surface area contributed by atoms with Gasteiger partial charge in [0.05, 0.1) is 27.7 Å². The van der Waals surface area contributed by atoms with Crippen molar-refractivity contribution < 1.29 is 42.1 Å². The first kappa shape index (κ1) is 49.5. The molecule has 2 atom stereocenters. The SMILES string of the molecule is CCC/C=C\CCCCCCCC(=O)OCC(COP(=O)(O)OCC[N+](C)(C)C)OC(=O)CCCCCCCCC/C=C\CCCCCCCC. The molecule has 0 aliphatic carbocycles. The number of carbonyl (C=O) groups excluding carboxylic acids is 2. The number of hydrogen-bond acceptors (Lipinski definition) is 7. The van der Waals surface area contributed by atoms with Crippen LogP contribution in [0.1, 0.15) is 174 Å². The molecule has 2 unspecified atom stereocenters. The summed E-state index contributed by atoms with van der Waals surface area (Å²) in [5, 5.41) is 0. The zero-order chi connectivity index (χ0) is 37.9. The van der Waals surface area contributed by atoms with E-state index in [9.17, 15) is 19.0 Å². The minimum absolute atomic E-state index is 0.0304. The van der Waals surface area contributed by atoms with Crippen LogP contribution in [0.25, 0.3) is 0 Å². The Balaban J connectivity index is 4.37. The van der Waals surface area contributed by atoms with Crippen LogP contribution in [-0.2, 0) is 32.7 Å². The predicted molar refractivity (Wildman–Crippen MR) is 211 cm³/mol. The summed E-state index contributed by atoms with van der Waals surface area (Å²) in [5.41, 5.74) is 0. The van der Waals surface area contributed by atoms with Gasteiger partial charge in [-0.1, -0.05) is 128 Å². The van der Waals surface area contributed by atoms with Gasteiger partial charge in [-0.15, -0.1) is 0 Å². The van der Waals surface area contributed by atoms with E-state index in [0.717, 1.165) is 70.6 Å². The number of phosphoric ester groups is 1. The maximum atomic E-state index is 12.6. The molecule has 0 bridgehead atoms. The topological polar surface area (TPSA) is 108 Å². The Morgan fingerprint density at radius 1 is 0.588 bits per heavy atom. The van der Waals surface area contributed by atoms with Gasteiger partial charge in [0, 0.05) is 12.8 Å². The molecule has 0 rings (SSSR count). The number of rotatable bonds is 37.